The zero-order valence-corrected chi connectivity index (χ0v) is 19.6. The predicted molar refractivity (Wildman–Crippen MR) is 130 cm³/mol. The third-order valence-corrected chi connectivity index (χ3v) is 5.37. The monoisotopic (exact) mass is 457 g/mol. The minimum Gasteiger partial charge on any atom is -0.383 e. The van der Waals surface area contributed by atoms with Crippen LogP contribution in [-0.2, 0) is 22.6 Å². The van der Waals surface area contributed by atoms with E-state index in [1.54, 1.807) is 0 Å². The van der Waals surface area contributed by atoms with Crippen LogP contribution in [-0.4, -0.2) is 34.5 Å². The van der Waals surface area contributed by atoms with E-state index in [4.69, 9.17) is 5.73 Å². The van der Waals surface area contributed by atoms with E-state index >= 15 is 0 Å². The van der Waals surface area contributed by atoms with Crippen LogP contribution in [0.2, 0.25) is 0 Å². The lowest BCUT2D eigenvalue weighted by Crippen LogP contribution is -2.42. The SMILES string of the molecule is CCCCCN(C(=O)CCNC(=O)Cc1ccccc1)c1c(N)n(CCCC)c(=O)[nH]c1=O. The molecule has 2 aromatic rings. The Labute approximate surface area is 194 Å². The van der Waals surface area contributed by atoms with Gasteiger partial charge in [-0.15, -0.1) is 0 Å². The number of rotatable bonds is 13. The molecule has 1 aromatic carbocycles. The number of nitrogen functional groups attached to an aromatic ring is 1. The summed E-state index contributed by atoms with van der Waals surface area (Å²) < 4.78 is 1.31. The van der Waals surface area contributed by atoms with E-state index in [0.29, 0.717) is 25.9 Å². The second kappa shape index (κ2) is 13.2. The molecular formula is C24H35N5O4. The molecule has 0 fully saturated rings. The first-order chi connectivity index (χ1) is 15.9. The van der Waals surface area contributed by atoms with Gasteiger partial charge in [-0.2, -0.15) is 0 Å². The summed E-state index contributed by atoms with van der Waals surface area (Å²) in [5.74, 6) is -0.517. The summed E-state index contributed by atoms with van der Waals surface area (Å²) >= 11 is 0. The minimum atomic E-state index is -0.678. The number of carbonyl (C=O) groups excluding carboxylic acids is 2. The molecular weight excluding hydrogens is 422 g/mol. The molecule has 0 spiro atoms. The van der Waals surface area contributed by atoms with E-state index in [0.717, 1.165) is 24.8 Å². The number of aromatic nitrogens is 2. The Balaban J connectivity index is 2.15. The Bertz CT molecular complexity index is 1030. The Morgan fingerprint density at radius 1 is 1.06 bits per heavy atom. The highest BCUT2D eigenvalue weighted by atomic mass is 16.2. The van der Waals surface area contributed by atoms with Crippen molar-refractivity contribution in [1.82, 2.24) is 14.9 Å². The molecule has 180 valence electrons. The van der Waals surface area contributed by atoms with Crippen molar-refractivity contribution in [3.8, 4) is 0 Å². The fraction of sp³-hybridized carbons (Fsp3) is 0.500. The molecule has 33 heavy (non-hydrogen) atoms. The Hall–Kier alpha value is -3.36. The van der Waals surface area contributed by atoms with Crippen LogP contribution in [0.3, 0.4) is 0 Å². The molecule has 0 aliphatic carbocycles. The average Bonchev–Trinajstić information content (AvgIpc) is 2.78. The Kier molecular flexibility index (Phi) is 10.4. The number of nitrogens with one attached hydrogen (secondary N) is 2. The van der Waals surface area contributed by atoms with Gasteiger partial charge in [0, 0.05) is 26.1 Å². The van der Waals surface area contributed by atoms with Gasteiger partial charge in [-0.1, -0.05) is 63.4 Å². The molecule has 9 nitrogen and oxygen atoms in total. The number of aromatic amines is 1. The van der Waals surface area contributed by atoms with Crippen LogP contribution in [0.1, 0.15) is 57.9 Å². The highest BCUT2D eigenvalue weighted by Gasteiger charge is 2.23. The van der Waals surface area contributed by atoms with Crippen LogP contribution in [0.25, 0.3) is 0 Å². The molecule has 2 rings (SSSR count). The van der Waals surface area contributed by atoms with Crippen LogP contribution >= 0.6 is 0 Å². The molecule has 0 bridgehead atoms. The van der Waals surface area contributed by atoms with E-state index in [1.165, 1.54) is 9.47 Å². The molecule has 9 heteroatoms. The summed E-state index contributed by atoms with van der Waals surface area (Å²) in [5, 5.41) is 2.75. The van der Waals surface area contributed by atoms with E-state index in [9.17, 15) is 19.2 Å². The summed E-state index contributed by atoms with van der Waals surface area (Å²) in [4.78, 5) is 53.8. The lowest BCUT2D eigenvalue weighted by Gasteiger charge is -2.24. The van der Waals surface area contributed by atoms with Crippen molar-refractivity contribution in [3.63, 3.8) is 0 Å². The van der Waals surface area contributed by atoms with Gasteiger partial charge in [0.25, 0.3) is 5.56 Å². The topological polar surface area (TPSA) is 130 Å². The maximum Gasteiger partial charge on any atom is 0.330 e. The molecule has 0 unspecified atom stereocenters. The second-order valence-electron chi connectivity index (χ2n) is 8.01. The van der Waals surface area contributed by atoms with Gasteiger partial charge in [-0.3, -0.25) is 23.9 Å². The van der Waals surface area contributed by atoms with Gasteiger partial charge in [0.05, 0.1) is 6.42 Å². The number of amides is 2. The quantitative estimate of drug-likeness (QED) is 0.397. The number of carbonyl (C=O) groups is 2. The number of unbranched alkanes of at least 4 members (excludes halogenated alkanes) is 3. The highest BCUT2D eigenvalue weighted by Crippen LogP contribution is 2.19. The molecule has 1 heterocycles. The number of H-pyrrole nitrogens is 1. The number of nitrogens with two attached hydrogens (primary N) is 1. The van der Waals surface area contributed by atoms with Gasteiger partial charge < -0.3 is 16.0 Å². The van der Waals surface area contributed by atoms with Gasteiger partial charge in [-0.25, -0.2) is 4.79 Å². The van der Waals surface area contributed by atoms with E-state index < -0.39 is 11.2 Å². The van der Waals surface area contributed by atoms with E-state index in [2.05, 4.69) is 10.3 Å². The van der Waals surface area contributed by atoms with Gasteiger partial charge in [-0.05, 0) is 18.4 Å². The molecule has 4 N–H and O–H groups in total. The van der Waals surface area contributed by atoms with Crippen molar-refractivity contribution in [2.24, 2.45) is 0 Å². The molecule has 1 aromatic heterocycles. The third kappa shape index (κ3) is 7.62. The summed E-state index contributed by atoms with van der Waals surface area (Å²) in [7, 11) is 0. The van der Waals surface area contributed by atoms with Crippen molar-refractivity contribution in [2.75, 3.05) is 23.7 Å². The standard InChI is InChI=1S/C24H35N5O4/c1-3-5-10-16-28(21-22(25)29(15-6-4-2)24(33)27-23(21)32)20(31)13-14-26-19(30)17-18-11-8-7-9-12-18/h7-9,11-12H,3-6,10,13-17,25H2,1-2H3,(H,26,30)(H,27,32,33). The predicted octanol–water partition coefficient (Wildman–Crippen LogP) is 2.19. The minimum absolute atomic E-state index is 0.00224. The molecule has 0 aliphatic rings. The van der Waals surface area contributed by atoms with Gasteiger partial charge in [0.15, 0.2) is 5.69 Å². The van der Waals surface area contributed by atoms with Crippen molar-refractivity contribution < 1.29 is 9.59 Å². The second-order valence-corrected chi connectivity index (χ2v) is 8.01. The smallest absolute Gasteiger partial charge is 0.330 e. The zero-order chi connectivity index (χ0) is 24.2. The van der Waals surface area contributed by atoms with E-state index in [1.807, 2.05) is 44.2 Å². The number of benzene rings is 1. The van der Waals surface area contributed by atoms with Crippen molar-refractivity contribution >= 4 is 23.3 Å². The first-order valence-corrected chi connectivity index (χ1v) is 11.6. The number of hydrogen-bond donors (Lipinski definition) is 3. The Morgan fingerprint density at radius 3 is 2.42 bits per heavy atom. The van der Waals surface area contributed by atoms with Crippen LogP contribution < -0.4 is 27.2 Å². The van der Waals surface area contributed by atoms with Crippen molar-refractivity contribution in [2.45, 2.75) is 65.3 Å². The normalized spacial score (nSPS) is 10.7. The first kappa shape index (κ1) is 25.9. The number of hydrogen-bond acceptors (Lipinski definition) is 5. The molecule has 0 saturated heterocycles. The molecule has 2 amide bonds. The fourth-order valence-electron chi connectivity index (χ4n) is 3.55. The van der Waals surface area contributed by atoms with Gasteiger partial charge in [0.1, 0.15) is 5.82 Å². The first-order valence-electron chi connectivity index (χ1n) is 11.6. The van der Waals surface area contributed by atoms with Crippen molar-refractivity contribution in [3.05, 3.63) is 56.7 Å². The summed E-state index contributed by atoms with van der Waals surface area (Å²) in [6.07, 6.45) is 4.32. The van der Waals surface area contributed by atoms with Crippen LogP contribution in [0, 0.1) is 0 Å². The van der Waals surface area contributed by atoms with Gasteiger partial charge >= 0.3 is 5.69 Å². The van der Waals surface area contributed by atoms with Crippen LogP contribution in [0.5, 0.6) is 0 Å². The van der Waals surface area contributed by atoms with Gasteiger partial charge in [0.2, 0.25) is 11.8 Å². The Morgan fingerprint density at radius 2 is 1.76 bits per heavy atom. The molecule has 0 atom stereocenters. The maximum absolute atomic E-state index is 13.1. The highest BCUT2D eigenvalue weighted by molar-refractivity contribution is 5.95. The lowest BCUT2D eigenvalue weighted by molar-refractivity contribution is -0.121. The molecule has 0 saturated carbocycles. The summed E-state index contributed by atoms with van der Waals surface area (Å²) in [6, 6.07) is 9.34. The molecule has 0 radical (unpaired) electrons. The summed E-state index contributed by atoms with van der Waals surface area (Å²) in [5.41, 5.74) is 5.84. The maximum atomic E-state index is 13.1. The number of anilines is 2. The fourth-order valence-corrected chi connectivity index (χ4v) is 3.55. The largest absolute Gasteiger partial charge is 0.383 e. The van der Waals surface area contributed by atoms with Crippen molar-refractivity contribution in [1.29, 1.82) is 0 Å². The lowest BCUT2D eigenvalue weighted by atomic mass is 10.1. The third-order valence-electron chi connectivity index (χ3n) is 5.37. The zero-order valence-electron chi connectivity index (χ0n) is 19.6. The molecule has 0 aliphatic heterocycles. The summed E-state index contributed by atoms with van der Waals surface area (Å²) in [6.45, 7) is 4.84. The van der Waals surface area contributed by atoms with E-state index in [-0.39, 0.29) is 42.7 Å². The van der Waals surface area contributed by atoms with Crippen LogP contribution in [0.15, 0.2) is 39.9 Å². The van der Waals surface area contributed by atoms with Crippen LogP contribution in [0.4, 0.5) is 11.5 Å². The average molecular weight is 458 g/mol. The number of nitrogens with zero attached hydrogens (tertiary/aromatic N) is 2.